The van der Waals surface area contributed by atoms with Gasteiger partial charge in [-0.25, -0.2) is 0 Å². The Kier molecular flexibility index (Phi) is 5.32. The van der Waals surface area contributed by atoms with Crippen molar-refractivity contribution in [1.29, 1.82) is 0 Å². The van der Waals surface area contributed by atoms with E-state index in [1.807, 2.05) is 4.90 Å². The first-order valence-corrected chi connectivity index (χ1v) is 6.69. The minimum Gasteiger partial charge on any atom is -0.374 e. The molecule has 0 aromatic heterocycles. The molecule has 4 nitrogen and oxygen atoms in total. The number of amides is 1. The Labute approximate surface area is 110 Å². The third-order valence-corrected chi connectivity index (χ3v) is 3.30. The molecular formula is C14H25NO3. The van der Waals surface area contributed by atoms with Crippen LogP contribution in [0.3, 0.4) is 0 Å². The van der Waals surface area contributed by atoms with Crippen LogP contribution in [0.1, 0.15) is 47.0 Å². The summed E-state index contributed by atoms with van der Waals surface area (Å²) in [6.45, 7) is 9.90. The van der Waals surface area contributed by atoms with Crippen molar-refractivity contribution in [2.75, 3.05) is 19.7 Å². The first kappa shape index (κ1) is 15.2. The van der Waals surface area contributed by atoms with E-state index in [2.05, 4.69) is 20.8 Å². The van der Waals surface area contributed by atoms with Crippen molar-refractivity contribution in [3.8, 4) is 0 Å². The average molecular weight is 255 g/mol. The molecule has 1 fully saturated rings. The van der Waals surface area contributed by atoms with Gasteiger partial charge in [0.1, 0.15) is 5.78 Å². The summed E-state index contributed by atoms with van der Waals surface area (Å²) in [6, 6.07) is 0. The van der Waals surface area contributed by atoms with Gasteiger partial charge in [0.2, 0.25) is 5.91 Å². The number of ketones is 1. The minimum atomic E-state index is 0.0539. The molecule has 1 heterocycles. The summed E-state index contributed by atoms with van der Waals surface area (Å²) in [5.41, 5.74) is 0.0539. The lowest BCUT2D eigenvalue weighted by Crippen LogP contribution is -2.50. The van der Waals surface area contributed by atoms with Crippen LogP contribution in [0.15, 0.2) is 0 Å². The Hall–Kier alpha value is -0.900. The van der Waals surface area contributed by atoms with E-state index in [0.29, 0.717) is 39.0 Å². The van der Waals surface area contributed by atoms with Crippen LogP contribution in [0.4, 0.5) is 0 Å². The van der Waals surface area contributed by atoms with E-state index in [-0.39, 0.29) is 23.2 Å². The van der Waals surface area contributed by atoms with Gasteiger partial charge in [-0.15, -0.1) is 0 Å². The number of carbonyl (C=O) groups is 2. The molecule has 1 amide bonds. The molecule has 1 unspecified atom stereocenters. The van der Waals surface area contributed by atoms with Gasteiger partial charge < -0.3 is 14.4 Å². The molecule has 0 aromatic carbocycles. The fourth-order valence-corrected chi connectivity index (χ4v) is 2.05. The summed E-state index contributed by atoms with van der Waals surface area (Å²) in [4.78, 5) is 24.7. The molecule has 1 atom stereocenters. The highest BCUT2D eigenvalue weighted by Gasteiger charge is 2.32. The summed E-state index contributed by atoms with van der Waals surface area (Å²) in [5, 5.41) is 0. The lowest BCUT2D eigenvalue weighted by Gasteiger charge is -2.39. The van der Waals surface area contributed by atoms with Crippen LogP contribution in [0.2, 0.25) is 0 Å². The Morgan fingerprint density at radius 2 is 1.94 bits per heavy atom. The van der Waals surface area contributed by atoms with Crippen molar-refractivity contribution in [2.24, 2.45) is 5.41 Å². The number of carbonyl (C=O) groups excluding carboxylic acids is 2. The molecule has 104 valence electrons. The van der Waals surface area contributed by atoms with Crippen LogP contribution >= 0.6 is 0 Å². The maximum absolute atomic E-state index is 12.0. The first-order chi connectivity index (χ1) is 8.30. The molecular weight excluding hydrogens is 230 g/mol. The topological polar surface area (TPSA) is 46.6 Å². The highest BCUT2D eigenvalue weighted by atomic mass is 16.5. The lowest BCUT2D eigenvalue weighted by atomic mass is 9.88. The van der Waals surface area contributed by atoms with Gasteiger partial charge in [-0.1, -0.05) is 20.8 Å². The molecule has 4 heteroatoms. The quantitative estimate of drug-likeness (QED) is 0.772. The molecule has 0 bridgehead atoms. The number of hydrogen-bond donors (Lipinski definition) is 0. The molecule has 1 aliphatic rings. The average Bonchev–Trinajstić information content (AvgIpc) is 2.27. The second-order valence-electron chi connectivity index (χ2n) is 6.12. The van der Waals surface area contributed by atoms with Crippen molar-refractivity contribution >= 4 is 11.7 Å². The summed E-state index contributed by atoms with van der Waals surface area (Å²) in [7, 11) is 0. The number of hydrogen-bond acceptors (Lipinski definition) is 3. The molecule has 0 spiro atoms. The Morgan fingerprint density at radius 1 is 1.28 bits per heavy atom. The second-order valence-corrected chi connectivity index (χ2v) is 6.12. The van der Waals surface area contributed by atoms with E-state index < -0.39 is 0 Å². The van der Waals surface area contributed by atoms with Crippen LogP contribution in [0.5, 0.6) is 0 Å². The van der Waals surface area contributed by atoms with E-state index in [1.165, 1.54) is 0 Å². The number of ether oxygens (including phenoxy) is 1. The SMILES string of the molecule is CC(=O)CCCC(=O)N1CCOC(C(C)(C)C)C1. The van der Waals surface area contributed by atoms with Crippen LogP contribution in [0.25, 0.3) is 0 Å². The molecule has 0 N–H and O–H groups in total. The number of rotatable bonds is 4. The van der Waals surface area contributed by atoms with Crippen LogP contribution in [-0.4, -0.2) is 42.4 Å². The molecule has 0 aromatic rings. The van der Waals surface area contributed by atoms with Crippen molar-refractivity contribution in [1.82, 2.24) is 4.90 Å². The van der Waals surface area contributed by atoms with Gasteiger partial charge in [0.05, 0.1) is 12.7 Å². The molecule has 1 saturated heterocycles. The van der Waals surface area contributed by atoms with E-state index in [4.69, 9.17) is 4.74 Å². The maximum Gasteiger partial charge on any atom is 0.222 e. The monoisotopic (exact) mass is 255 g/mol. The van der Waals surface area contributed by atoms with Gasteiger partial charge in [-0.3, -0.25) is 4.79 Å². The van der Waals surface area contributed by atoms with Crippen LogP contribution in [0, 0.1) is 5.41 Å². The standard InChI is InChI=1S/C14H25NO3/c1-11(16)6-5-7-13(17)15-8-9-18-12(10-15)14(2,3)4/h12H,5-10H2,1-4H3. The number of nitrogens with zero attached hydrogens (tertiary/aromatic N) is 1. The molecule has 1 rings (SSSR count). The summed E-state index contributed by atoms with van der Waals surface area (Å²) >= 11 is 0. The van der Waals surface area contributed by atoms with Gasteiger partial charge in [0, 0.05) is 25.9 Å². The third kappa shape index (κ3) is 4.77. The first-order valence-electron chi connectivity index (χ1n) is 6.69. The van der Waals surface area contributed by atoms with Crippen molar-refractivity contribution in [3.63, 3.8) is 0 Å². The predicted molar refractivity (Wildman–Crippen MR) is 70.3 cm³/mol. The van der Waals surface area contributed by atoms with Gasteiger partial charge in [-0.05, 0) is 18.8 Å². The number of Topliss-reactive ketones (excluding diaryl/α,β-unsaturated/α-hetero) is 1. The van der Waals surface area contributed by atoms with Gasteiger partial charge in [-0.2, -0.15) is 0 Å². The second kappa shape index (κ2) is 6.32. The van der Waals surface area contributed by atoms with Crippen molar-refractivity contribution in [3.05, 3.63) is 0 Å². The highest BCUT2D eigenvalue weighted by molar-refractivity contribution is 5.78. The minimum absolute atomic E-state index is 0.0539. The van der Waals surface area contributed by atoms with E-state index in [1.54, 1.807) is 6.92 Å². The summed E-state index contributed by atoms with van der Waals surface area (Å²) in [5.74, 6) is 0.297. The summed E-state index contributed by atoms with van der Waals surface area (Å²) in [6.07, 6.45) is 1.73. The van der Waals surface area contributed by atoms with Crippen LogP contribution < -0.4 is 0 Å². The Bertz CT molecular complexity index is 307. The Morgan fingerprint density at radius 3 is 2.50 bits per heavy atom. The van der Waals surface area contributed by atoms with E-state index in [0.717, 1.165) is 0 Å². The zero-order valence-electron chi connectivity index (χ0n) is 12.0. The summed E-state index contributed by atoms with van der Waals surface area (Å²) < 4.78 is 5.72. The lowest BCUT2D eigenvalue weighted by molar-refractivity contribution is -0.143. The largest absolute Gasteiger partial charge is 0.374 e. The molecule has 0 radical (unpaired) electrons. The smallest absolute Gasteiger partial charge is 0.222 e. The highest BCUT2D eigenvalue weighted by Crippen LogP contribution is 2.25. The zero-order chi connectivity index (χ0) is 13.8. The molecule has 0 aliphatic carbocycles. The molecule has 1 aliphatic heterocycles. The van der Waals surface area contributed by atoms with Crippen LogP contribution in [-0.2, 0) is 14.3 Å². The van der Waals surface area contributed by atoms with Gasteiger partial charge in [0.25, 0.3) is 0 Å². The van der Waals surface area contributed by atoms with Gasteiger partial charge in [0.15, 0.2) is 0 Å². The zero-order valence-corrected chi connectivity index (χ0v) is 12.0. The van der Waals surface area contributed by atoms with Gasteiger partial charge >= 0.3 is 0 Å². The normalized spacial score (nSPS) is 20.9. The molecule has 18 heavy (non-hydrogen) atoms. The van der Waals surface area contributed by atoms with E-state index >= 15 is 0 Å². The molecule has 0 saturated carbocycles. The maximum atomic E-state index is 12.0. The number of morpholine rings is 1. The Balaban J connectivity index is 2.41. The fourth-order valence-electron chi connectivity index (χ4n) is 2.05. The fraction of sp³-hybridized carbons (Fsp3) is 0.857. The van der Waals surface area contributed by atoms with Crippen molar-refractivity contribution < 1.29 is 14.3 Å². The third-order valence-electron chi connectivity index (χ3n) is 3.30. The van der Waals surface area contributed by atoms with Crippen molar-refractivity contribution in [2.45, 2.75) is 53.1 Å². The van der Waals surface area contributed by atoms with E-state index in [9.17, 15) is 9.59 Å². The predicted octanol–water partition coefficient (Wildman–Crippen LogP) is 2.02.